The first kappa shape index (κ1) is 25.5. The highest BCUT2D eigenvalue weighted by Crippen LogP contribution is 2.40. The van der Waals surface area contributed by atoms with Crippen LogP contribution in [0, 0.1) is 5.82 Å². The molecule has 0 aliphatic carbocycles. The van der Waals surface area contributed by atoms with Gasteiger partial charge in [-0.15, -0.1) is 0 Å². The Bertz CT molecular complexity index is 1300. The van der Waals surface area contributed by atoms with Gasteiger partial charge in [-0.3, -0.25) is 14.5 Å². The molecule has 3 aromatic carbocycles. The van der Waals surface area contributed by atoms with Crippen molar-refractivity contribution in [2.24, 2.45) is 0 Å². The maximum absolute atomic E-state index is 13.2. The Labute approximate surface area is 223 Å². The molecule has 0 unspecified atom stereocenters. The largest absolute Gasteiger partial charge is 0.490 e. The summed E-state index contributed by atoms with van der Waals surface area (Å²) in [7, 11) is 0. The van der Waals surface area contributed by atoms with E-state index in [0.29, 0.717) is 33.0 Å². The summed E-state index contributed by atoms with van der Waals surface area (Å²) in [6, 6.07) is 17.1. The van der Waals surface area contributed by atoms with Crippen LogP contribution >= 0.6 is 43.6 Å². The lowest BCUT2D eigenvalue weighted by atomic mass is 10.1. The average molecular weight is 621 g/mol. The van der Waals surface area contributed by atoms with Gasteiger partial charge in [-0.25, -0.2) is 4.39 Å². The van der Waals surface area contributed by atoms with Crippen molar-refractivity contribution in [2.75, 3.05) is 6.61 Å². The zero-order valence-corrected chi connectivity index (χ0v) is 22.6. The number of benzene rings is 3. The third kappa shape index (κ3) is 6.34. The van der Waals surface area contributed by atoms with E-state index in [4.69, 9.17) is 9.47 Å². The smallest absolute Gasteiger partial charge is 0.293 e. The second-order valence-electron chi connectivity index (χ2n) is 7.58. The monoisotopic (exact) mass is 619 g/mol. The first-order valence-electron chi connectivity index (χ1n) is 10.7. The maximum Gasteiger partial charge on any atom is 0.293 e. The number of thioether (sulfide) groups is 1. The second-order valence-corrected chi connectivity index (χ2v) is 10.3. The van der Waals surface area contributed by atoms with Crippen LogP contribution in [0.4, 0.5) is 9.18 Å². The average Bonchev–Trinajstić information content (AvgIpc) is 3.07. The summed E-state index contributed by atoms with van der Waals surface area (Å²) in [5.74, 6) is 0.334. The molecule has 1 saturated heterocycles. The topological polar surface area (TPSA) is 55.8 Å². The summed E-state index contributed by atoms with van der Waals surface area (Å²) in [6.45, 7) is 2.70. The Balaban J connectivity index is 1.55. The summed E-state index contributed by atoms with van der Waals surface area (Å²) in [6.07, 6.45) is 1.67. The van der Waals surface area contributed by atoms with Crippen LogP contribution in [0.1, 0.15) is 23.6 Å². The highest BCUT2D eigenvalue weighted by atomic mass is 79.9. The molecule has 4 rings (SSSR count). The minimum atomic E-state index is -0.342. The second kappa shape index (κ2) is 11.4. The molecule has 0 saturated carbocycles. The molecule has 35 heavy (non-hydrogen) atoms. The Morgan fingerprint density at radius 1 is 1.00 bits per heavy atom. The van der Waals surface area contributed by atoms with Gasteiger partial charge in [0, 0.05) is 4.47 Å². The summed E-state index contributed by atoms with van der Waals surface area (Å²) >= 11 is 7.84. The van der Waals surface area contributed by atoms with Crippen LogP contribution in [-0.2, 0) is 17.9 Å². The van der Waals surface area contributed by atoms with E-state index in [1.54, 1.807) is 30.3 Å². The molecule has 5 nitrogen and oxygen atoms in total. The normalized spacial score (nSPS) is 14.6. The molecular weight excluding hydrogens is 601 g/mol. The van der Waals surface area contributed by atoms with Gasteiger partial charge in [0.25, 0.3) is 11.1 Å². The van der Waals surface area contributed by atoms with Crippen LogP contribution in [0.3, 0.4) is 0 Å². The molecule has 9 heteroatoms. The van der Waals surface area contributed by atoms with E-state index in [-0.39, 0.29) is 30.1 Å². The third-order valence-electron chi connectivity index (χ3n) is 5.03. The van der Waals surface area contributed by atoms with Crippen molar-refractivity contribution in [1.82, 2.24) is 4.90 Å². The van der Waals surface area contributed by atoms with E-state index in [1.165, 1.54) is 17.0 Å². The van der Waals surface area contributed by atoms with Crippen molar-refractivity contribution in [1.29, 1.82) is 0 Å². The van der Waals surface area contributed by atoms with Crippen molar-refractivity contribution in [3.8, 4) is 11.5 Å². The maximum atomic E-state index is 13.2. The molecule has 180 valence electrons. The fourth-order valence-corrected chi connectivity index (χ4v) is 5.28. The van der Waals surface area contributed by atoms with Crippen molar-refractivity contribution >= 4 is 60.8 Å². The Morgan fingerprint density at radius 2 is 1.77 bits per heavy atom. The number of ether oxygens (including phenoxy) is 2. The zero-order chi connectivity index (χ0) is 24.9. The molecule has 1 fully saturated rings. The molecule has 2 amide bonds. The molecule has 0 atom stereocenters. The number of rotatable bonds is 8. The lowest BCUT2D eigenvalue weighted by Crippen LogP contribution is -2.27. The molecule has 1 aliphatic heterocycles. The van der Waals surface area contributed by atoms with E-state index in [2.05, 4.69) is 31.9 Å². The van der Waals surface area contributed by atoms with E-state index in [9.17, 15) is 14.0 Å². The van der Waals surface area contributed by atoms with Crippen LogP contribution < -0.4 is 9.47 Å². The van der Waals surface area contributed by atoms with Gasteiger partial charge < -0.3 is 9.47 Å². The van der Waals surface area contributed by atoms with Crippen LogP contribution in [0.2, 0.25) is 0 Å². The quantitative estimate of drug-likeness (QED) is 0.243. The number of imide groups is 1. The SMILES string of the molecule is CCOc1cc(/C=C2\SC(=O)N(Cc3cccc(Br)c3)C2=O)cc(Br)c1OCc1ccc(F)cc1. The number of carbonyl (C=O) groups excluding carboxylic acids is 2. The minimum absolute atomic E-state index is 0.200. The predicted molar refractivity (Wildman–Crippen MR) is 142 cm³/mol. The summed E-state index contributed by atoms with van der Waals surface area (Å²) in [5, 5.41) is -0.315. The lowest BCUT2D eigenvalue weighted by Gasteiger charge is -2.15. The minimum Gasteiger partial charge on any atom is -0.490 e. The molecule has 1 heterocycles. The number of hydrogen-bond acceptors (Lipinski definition) is 5. The van der Waals surface area contributed by atoms with Gasteiger partial charge in [-0.1, -0.05) is 40.2 Å². The molecule has 0 radical (unpaired) electrons. The molecule has 3 aromatic rings. The number of halogens is 3. The van der Waals surface area contributed by atoms with Crippen LogP contribution in [-0.4, -0.2) is 22.7 Å². The first-order valence-corrected chi connectivity index (χ1v) is 13.1. The molecule has 0 N–H and O–H groups in total. The number of carbonyl (C=O) groups is 2. The van der Waals surface area contributed by atoms with E-state index in [1.807, 2.05) is 31.2 Å². The summed E-state index contributed by atoms with van der Waals surface area (Å²) < 4.78 is 26.4. The van der Waals surface area contributed by atoms with Crippen molar-refractivity contribution in [2.45, 2.75) is 20.1 Å². The molecule has 0 aromatic heterocycles. The van der Waals surface area contributed by atoms with Gasteiger partial charge in [-0.2, -0.15) is 0 Å². The molecular formula is C26H20Br2FNO4S. The number of nitrogens with zero attached hydrogens (tertiary/aromatic N) is 1. The third-order valence-corrected chi connectivity index (χ3v) is 7.02. The van der Waals surface area contributed by atoms with Crippen LogP contribution in [0.25, 0.3) is 6.08 Å². The van der Waals surface area contributed by atoms with E-state index < -0.39 is 0 Å². The molecule has 0 bridgehead atoms. The fraction of sp³-hybridized carbons (Fsp3) is 0.154. The lowest BCUT2D eigenvalue weighted by molar-refractivity contribution is -0.123. The fourth-order valence-electron chi connectivity index (χ4n) is 3.42. The van der Waals surface area contributed by atoms with Gasteiger partial charge >= 0.3 is 0 Å². The van der Waals surface area contributed by atoms with Gasteiger partial charge in [0.15, 0.2) is 11.5 Å². The van der Waals surface area contributed by atoms with Gasteiger partial charge in [0.2, 0.25) is 0 Å². The van der Waals surface area contributed by atoms with E-state index >= 15 is 0 Å². The van der Waals surface area contributed by atoms with E-state index in [0.717, 1.165) is 27.4 Å². The highest BCUT2D eigenvalue weighted by molar-refractivity contribution is 9.10. The molecule has 0 spiro atoms. The number of amides is 2. The highest BCUT2D eigenvalue weighted by Gasteiger charge is 2.35. The van der Waals surface area contributed by atoms with Crippen molar-refractivity contribution in [3.05, 3.63) is 97.0 Å². The van der Waals surface area contributed by atoms with Gasteiger partial charge in [-0.05, 0) is 93.8 Å². The van der Waals surface area contributed by atoms with Crippen LogP contribution in [0.15, 0.2) is 74.5 Å². The zero-order valence-electron chi connectivity index (χ0n) is 18.6. The first-order chi connectivity index (χ1) is 16.8. The number of hydrogen-bond donors (Lipinski definition) is 0. The molecule has 1 aliphatic rings. The Hall–Kier alpha value is -2.62. The predicted octanol–water partition coefficient (Wildman–Crippen LogP) is 7.56. The van der Waals surface area contributed by atoms with Gasteiger partial charge in [0.05, 0.1) is 22.5 Å². The summed E-state index contributed by atoms with van der Waals surface area (Å²) in [4.78, 5) is 27.1. The Kier molecular flexibility index (Phi) is 8.30. The summed E-state index contributed by atoms with van der Waals surface area (Å²) in [5.41, 5.74) is 2.35. The standard InChI is InChI=1S/C26H20Br2FNO4S/c1-2-33-22-12-18(11-21(28)24(22)34-15-16-6-8-20(29)9-7-16)13-23-25(31)30(26(32)35-23)14-17-4-3-5-19(27)10-17/h3-13H,2,14-15H2,1H3/b23-13-. The van der Waals surface area contributed by atoms with Crippen molar-refractivity contribution in [3.63, 3.8) is 0 Å². The van der Waals surface area contributed by atoms with Gasteiger partial charge in [0.1, 0.15) is 12.4 Å². The Morgan fingerprint density at radius 3 is 2.49 bits per heavy atom. The van der Waals surface area contributed by atoms with Crippen LogP contribution in [0.5, 0.6) is 11.5 Å². The van der Waals surface area contributed by atoms with Crippen molar-refractivity contribution < 1.29 is 23.5 Å².